The van der Waals surface area contributed by atoms with Gasteiger partial charge in [-0.1, -0.05) is 58.1 Å². The number of rotatable bonds is 7. The molecule has 3 N–H and O–H groups in total. The number of hydrazine groups is 1. The summed E-state index contributed by atoms with van der Waals surface area (Å²) in [6.07, 6.45) is 7.81. The summed E-state index contributed by atoms with van der Waals surface area (Å²) in [4.78, 5) is 13.0. The number of hydrogen-bond acceptors (Lipinski definition) is 5. The molecule has 0 radical (unpaired) electrons. The minimum Gasteiger partial charge on any atom is -0.352 e. The van der Waals surface area contributed by atoms with Crippen LogP contribution in [0.1, 0.15) is 84.1 Å². The second-order valence-corrected chi connectivity index (χ2v) is 11.8. The molecule has 3 rings (SSSR count). The molecule has 0 aromatic heterocycles. The molecule has 1 heterocycles. The standard InChI is InChI=1S/C24H40N4O3S/c1-17(2)20-12-14-22(15-13-20)28(32(30,31)24-18(3)26-27-19(24)4)16-23(29)25-21-10-8-6-5-7-9-11-21/h12-15,17-19,21,24,26-27H,5-11,16H2,1-4H3,(H,25,29). The summed E-state index contributed by atoms with van der Waals surface area (Å²) >= 11 is 0. The second kappa shape index (κ2) is 11.0. The number of benzene rings is 1. The van der Waals surface area contributed by atoms with Crippen molar-refractivity contribution in [3.05, 3.63) is 29.8 Å². The molecule has 180 valence electrons. The van der Waals surface area contributed by atoms with Crippen molar-refractivity contribution in [1.29, 1.82) is 0 Å². The van der Waals surface area contributed by atoms with Crippen LogP contribution in [0.25, 0.3) is 0 Å². The molecule has 1 aromatic rings. The van der Waals surface area contributed by atoms with Crippen LogP contribution in [-0.2, 0) is 14.8 Å². The molecule has 1 aromatic carbocycles. The molecule has 2 atom stereocenters. The van der Waals surface area contributed by atoms with Gasteiger partial charge >= 0.3 is 0 Å². The van der Waals surface area contributed by atoms with Crippen molar-refractivity contribution in [3.8, 4) is 0 Å². The van der Waals surface area contributed by atoms with Crippen LogP contribution in [0, 0.1) is 0 Å². The number of carbonyl (C=O) groups is 1. The average molecular weight is 465 g/mol. The number of hydrogen-bond donors (Lipinski definition) is 3. The Labute approximate surface area is 193 Å². The van der Waals surface area contributed by atoms with E-state index in [0.717, 1.165) is 31.2 Å². The first-order valence-corrected chi connectivity index (χ1v) is 13.6. The largest absolute Gasteiger partial charge is 0.352 e. The van der Waals surface area contributed by atoms with Crippen molar-refractivity contribution in [2.75, 3.05) is 10.8 Å². The summed E-state index contributed by atoms with van der Waals surface area (Å²) < 4.78 is 28.8. The molecule has 2 aliphatic rings. The molecule has 1 aliphatic carbocycles. The molecule has 2 fully saturated rings. The number of amides is 1. The highest BCUT2D eigenvalue weighted by Crippen LogP contribution is 2.27. The Kier molecular flexibility index (Phi) is 8.58. The van der Waals surface area contributed by atoms with Gasteiger partial charge in [0.05, 0.1) is 5.69 Å². The van der Waals surface area contributed by atoms with E-state index in [1.807, 2.05) is 38.1 Å². The molecule has 1 amide bonds. The van der Waals surface area contributed by atoms with Crippen molar-refractivity contribution >= 4 is 21.6 Å². The lowest BCUT2D eigenvalue weighted by atomic mass is 9.97. The van der Waals surface area contributed by atoms with Gasteiger partial charge in [0.2, 0.25) is 15.9 Å². The van der Waals surface area contributed by atoms with E-state index in [1.165, 1.54) is 23.6 Å². The van der Waals surface area contributed by atoms with Gasteiger partial charge in [-0.2, -0.15) is 0 Å². The molecule has 0 spiro atoms. The highest BCUT2D eigenvalue weighted by atomic mass is 32.2. The molecule has 1 saturated carbocycles. The summed E-state index contributed by atoms with van der Waals surface area (Å²) in [7, 11) is -3.79. The van der Waals surface area contributed by atoms with Crippen LogP contribution in [0.15, 0.2) is 24.3 Å². The normalized spacial score (nSPS) is 25.3. The second-order valence-electron chi connectivity index (χ2n) is 9.74. The van der Waals surface area contributed by atoms with E-state index in [1.54, 1.807) is 0 Å². The molecular formula is C24H40N4O3S. The number of sulfonamides is 1. The van der Waals surface area contributed by atoms with Gasteiger partial charge in [-0.25, -0.2) is 8.42 Å². The van der Waals surface area contributed by atoms with E-state index in [9.17, 15) is 13.2 Å². The fraction of sp³-hybridized carbons (Fsp3) is 0.708. The average Bonchev–Trinajstić information content (AvgIpc) is 3.07. The molecule has 2 unspecified atom stereocenters. The molecule has 7 nitrogen and oxygen atoms in total. The van der Waals surface area contributed by atoms with Gasteiger partial charge in [-0.3, -0.25) is 20.0 Å². The van der Waals surface area contributed by atoms with Crippen molar-refractivity contribution in [1.82, 2.24) is 16.2 Å². The minimum absolute atomic E-state index is 0.128. The number of nitrogens with zero attached hydrogens (tertiary/aromatic N) is 1. The predicted molar refractivity (Wildman–Crippen MR) is 130 cm³/mol. The highest BCUT2D eigenvalue weighted by Gasteiger charge is 2.44. The molecular weight excluding hydrogens is 424 g/mol. The van der Waals surface area contributed by atoms with Gasteiger partial charge in [0.15, 0.2) is 0 Å². The van der Waals surface area contributed by atoms with E-state index in [2.05, 4.69) is 30.0 Å². The van der Waals surface area contributed by atoms with E-state index in [0.29, 0.717) is 11.6 Å². The summed E-state index contributed by atoms with van der Waals surface area (Å²) in [5.74, 6) is 0.117. The molecule has 1 aliphatic heterocycles. The van der Waals surface area contributed by atoms with Gasteiger partial charge in [0, 0.05) is 18.1 Å². The Hall–Kier alpha value is -1.64. The maximum Gasteiger partial charge on any atom is 0.241 e. The summed E-state index contributed by atoms with van der Waals surface area (Å²) in [6, 6.07) is 7.15. The van der Waals surface area contributed by atoms with Crippen LogP contribution in [0.2, 0.25) is 0 Å². The van der Waals surface area contributed by atoms with Crippen LogP contribution in [0.4, 0.5) is 5.69 Å². The third-order valence-corrected chi connectivity index (χ3v) is 9.24. The SMILES string of the molecule is CC(C)c1ccc(N(CC(=O)NC2CCCCCCC2)S(=O)(=O)C2C(C)NNC2C)cc1. The lowest BCUT2D eigenvalue weighted by Crippen LogP contribution is -2.51. The maximum absolute atomic E-state index is 13.8. The Morgan fingerprint density at radius 2 is 1.53 bits per heavy atom. The zero-order valence-electron chi connectivity index (χ0n) is 19.9. The highest BCUT2D eigenvalue weighted by molar-refractivity contribution is 7.93. The smallest absolute Gasteiger partial charge is 0.241 e. The zero-order valence-corrected chi connectivity index (χ0v) is 20.7. The molecule has 32 heavy (non-hydrogen) atoms. The van der Waals surface area contributed by atoms with Crippen molar-refractivity contribution in [2.45, 2.75) is 102 Å². The lowest BCUT2D eigenvalue weighted by Gasteiger charge is -2.31. The Balaban J connectivity index is 1.83. The van der Waals surface area contributed by atoms with Crippen LogP contribution < -0.4 is 20.5 Å². The van der Waals surface area contributed by atoms with Crippen molar-refractivity contribution in [3.63, 3.8) is 0 Å². The van der Waals surface area contributed by atoms with E-state index in [-0.39, 0.29) is 30.6 Å². The first-order chi connectivity index (χ1) is 15.2. The van der Waals surface area contributed by atoms with Gasteiger partial charge in [0.25, 0.3) is 0 Å². The van der Waals surface area contributed by atoms with Gasteiger partial charge in [-0.15, -0.1) is 0 Å². The van der Waals surface area contributed by atoms with Crippen molar-refractivity contribution < 1.29 is 13.2 Å². The third-order valence-electron chi connectivity index (χ3n) is 6.78. The van der Waals surface area contributed by atoms with Gasteiger partial charge in [-0.05, 0) is 50.3 Å². The Bertz CT molecular complexity index is 839. The minimum atomic E-state index is -3.79. The predicted octanol–water partition coefficient (Wildman–Crippen LogP) is 3.43. The summed E-state index contributed by atoms with van der Waals surface area (Å²) in [5, 5.41) is 2.46. The number of nitrogens with one attached hydrogen (secondary N) is 3. The van der Waals surface area contributed by atoms with Crippen LogP contribution in [0.3, 0.4) is 0 Å². The Morgan fingerprint density at radius 1 is 1.00 bits per heavy atom. The Morgan fingerprint density at radius 3 is 2.06 bits per heavy atom. The summed E-state index contributed by atoms with van der Waals surface area (Å²) in [5.41, 5.74) is 7.73. The van der Waals surface area contributed by atoms with E-state index >= 15 is 0 Å². The van der Waals surface area contributed by atoms with Crippen LogP contribution in [0.5, 0.6) is 0 Å². The first-order valence-electron chi connectivity index (χ1n) is 12.1. The van der Waals surface area contributed by atoms with E-state index in [4.69, 9.17) is 0 Å². The van der Waals surface area contributed by atoms with Gasteiger partial charge in [0.1, 0.15) is 11.8 Å². The quantitative estimate of drug-likeness (QED) is 0.575. The number of carbonyl (C=O) groups excluding carboxylic acids is 1. The molecule has 1 saturated heterocycles. The topological polar surface area (TPSA) is 90.5 Å². The fourth-order valence-electron chi connectivity index (χ4n) is 4.88. The third kappa shape index (κ3) is 6.02. The first kappa shape index (κ1) is 25.0. The zero-order chi connectivity index (χ0) is 23.3. The number of anilines is 1. The molecule has 0 bridgehead atoms. The fourth-order valence-corrected chi connectivity index (χ4v) is 7.06. The van der Waals surface area contributed by atoms with Crippen LogP contribution >= 0.6 is 0 Å². The monoisotopic (exact) mass is 464 g/mol. The maximum atomic E-state index is 13.8. The van der Waals surface area contributed by atoms with Crippen molar-refractivity contribution in [2.24, 2.45) is 0 Å². The van der Waals surface area contributed by atoms with Gasteiger partial charge < -0.3 is 5.32 Å². The van der Waals surface area contributed by atoms with Crippen LogP contribution in [-0.4, -0.2) is 44.2 Å². The molecule has 8 heteroatoms. The lowest BCUT2D eigenvalue weighted by molar-refractivity contribution is -0.120. The van der Waals surface area contributed by atoms with E-state index < -0.39 is 15.3 Å². The summed E-state index contributed by atoms with van der Waals surface area (Å²) in [6.45, 7) is 7.72.